The molecule has 32 heavy (non-hydrogen) atoms. The molecule has 0 spiro atoms. The minimum absolute atomic E-state index is 0.0888. The van der Waals surface area contributed by atoms with Gasteiger partial charge in [-0.25, -0.2) is 4.98 Å². The molecule has 0 aliphatic carbocycles. The standard InChI is InChI=1S/C23H19BrN4O4/c24-19-3-1-2-18(21(19)23(29)15-4-6-17(7-5-15)28(30)31)22(25)16-8-9-26-20(14-16)27-10-12-32-13-11-27/h1-9,14,25H,10-13H2. The number of carbonyl (C=O) groups excluding carboxylic acids is 1. The molecular formula is C23H19BrN4O4. The van der Waals surface area contributed by atoms with E-state index in [0.29, 0.717) is 39.9 Å². The molecule has 0 bridgehead atoms. The molecule has 4 rings (SSSR count). The van der Waals surface area contributed by atoms with E-state index in [4.69, 9.17) is 10.1 Å². The molecule has 0 unspecified atom stereocenters. The van der Waals surface area contributed by atoms with Crippen LogP contribution in [0.15, 0.2) is 65.3 Å². The summed E-state index contributed by atoms with van der Waals surface area (Å²) in [7, 11) is 0. The number of carbonyl (C=O) groups is 1. The minimum Gasteiger partial charge on any atom is -0.378 e. The van der Waals surface area contributed by atoms with Gasteiger partial charge < -0.3 is 9.64 Å². The van der Waals surface area contributed by atoms with E-state index in [1.807, 2.05) is 6.07 Å². The first kappa shape index (κ1) is 21.8. The zero-order chi connectivity index (χ0) is 22.7. The van der Waals surface area contributed by atoms with Crippen molar-refractivity contribution in [1.29, 1.82) is 5.41 Å². The number of pyridine rings is 1. The Balaban J connectivity index is 1.69. The van der Waals surface area contributed by atoms with Crippen molar-refractivity contribution < 1.29 is 14.5 Å². The number of ether oxygens (including phenoxy) is 1. The van der Waals surface area contributed by atoms with Crippen LogP contribution in [-0.2, 0) is 4.74 Å². The van der Waals surface area contributed by atoms with Crippen molar-refractivity contribution in [2.75, 3.05) is 31.2 Å². The fraction of sp³-hybridized carbons (Fsp3) is 0.174. The molecule has 1 aliphatic rings. The fourth-order valence-corrected chi connectivity index (χ4v) is 4.08. The van der Waals surface area contributed by atoms with Gasteiger partial charge in [-0.1, -0.05) is 28.1 Å². The van der Waals surface area contributed by atoms with Gasteiger partial charge in [-0.15, -0.1) is 0 Å². The Hall–Kier alpha value is -3.43. The van der Waals surface area contributed by atoms with Crippen LogP contribution in [0, 0.1) is 15.5 Å². The van der Waals surface area contributed by atoms with E-state index in [2.05, 4.69) is 25.8 Å². The normalized spacial score (nSPS) is 13.6. The lowest BCUT2D eigenvalue weighted by molar-refractivity contribution is -0.384. The lowest BCUT2D eigenvalue weighted by Gasteiger charge is -2.28. The topological polar surface area (TPSA) is 109 Å². The highest BCUT2D eigenvalue weighted by Gasteiger charge is 2.22. The van der Waals surface area contributed by atoms with E-state index in [0.717, 1.165) is 18.9 Å². The van der Waals surface area contributed by atoms with Crippen LogP contribution in [0.1, 0.15) is 27.0 Å². The molecule has 2 heterocycles. The summed E-state index contributed by atoms with van der Waals surface area (Å²) in [6.45, 7) is 2.71. The summed E-state index contributed by atoms with van der Waals surface area (Å²) in [4.78, 5) is 30.2. The zero-order valence-electron chi connectivity index (χ0n) is 17.0. The molecule has 1 fully saturated rings. The van der Waals surface area contributed by atoms with E-state index >= 15 is 0 Å². The number of rotatable bonds is 6. The highest BCUT2D eigenvalue weighted by Crippen LogP contribution is 2.27. The van der Waals surface area contributed by atoms with Crippen LogP contribution in [0.2, 0.25) is 0 Å². The number of nitrogens with zero attached hydrogens (tertiary/aromatic N) is 3. The first-order valence-corrected chi connectivity index (χ1v) is 10.7. The number of non-ortho nitro benzene ring substituents is 1. The van der Waals surface area contributed by atoms with Crippen LogP contribution in [0.25, 0.3) is 0 Å². The molecule has 1 N–H and O–H groups in total. The fourth-order valence-electron chi connectivity index (χ4n) is 3.54. The Labute approximate surface area is 192 Å². The van der Waals surface area contributed by atoms with E-state index in [1.165, 1.54) is 24.3 Å². The number of nitrogens with one attached hydrogen (secondary N) is 1. The van der Waals surface area contributed by atoms with Gasteiger partial charge in [-0.3, -0.25) is 20.3 Å². The number of anilines is 1. The molecule has 1 aromatic heterocycles. The summed E-state index contributed by atoms with van der Waals surface area (Å²) >= 11 is 3.44. The Kier molecular flexibility index (Phi) is 6.38. The lowest BCUT2D eigenvalue weighted by atomic mass is 9.93. The van der Waals surface area contributed by atoms with Crippen LogP contribution in [-0.4, -0.2) is 47.7 Å². The second-order valence-corrected chi connectivity index (χ2v) is 8.03. The number of benzene rings is 2. The third-order valence-electron chi connectivity index (χ3n) is 5.22. The van der Waals surface area contributed by atoms with Gasteiger partial charge in [-0.2, -0.15) is 0 Å². The monoisotopic (exact) mass is 494 g/mol. The van der Waals surface area contributed by atoms with Crippen molar-refractivity contribution in [2.24, 2.45) is 0 Å². The molecule has 0 amide bonds. The summed E-state index contributed by atoms with van der Waals surface area (Å²) in [6, 6.07) is 14.3. The average molecular weight is 495 g/mol. The van der Waals surface area contributed by atoms with Crippen molar-refractivity contribution in [3.05, 3.63) is 97.6 Å². The van der Waals surface area contributed by atoms with Crippen molar-refractivity contribution >= 4 is 38.9 Å². The molecule has 0 radical (unpaired) electrons. The van der Waals surface area contributed by atoms with Gasteiger partial charge in [-0.05, 0) is 30.3 Å². The number of aromatic nitrogens is 1. The van der Waals surface area contributed by atoms with Crippen molar-refractivity contribution in [1.82, 2.24) is 4.98 Å². The van der Waals surface area contributed by atoms with Crippen molar-refractivity contribution in [2.45, 2.75) is 0 Å². The van der Waals surface area contributed by atoms with Crippen LogP contribution in [0.3, 0.4) is 0 Å². The summed E-state index contributed by atoms with van der Waals surface area (Å²) < 4.78 is 5.94. The van der Waals surface area contributed by atoms with Gasteiger partial charge in [0.1, 0.15) is 5.82 Å². The maximum absolute atomic E-state index is 13.3. The maximum Gasteiger partial charge on any atom is 0.269 e. The van der Waals surface area contributed by atoms with Crippen LogP contribution >= 0.6 is 15.9 Å². The number of nitro benzene ring substituents is 1. The second kappa shape index (κ2) is 9.37. The molecular weight excluding hydrogens is 476 g/mol. The minimum atomic E-state index is -0.511. The molecule has 0 atom stereocenters. The van der Waals surface area contributed by atoms with Crippen LogP contribution < -0.4 is 4.90 Å². The summed E-state index contributed by atoms with van der Waals surface area (Å²) in [5, 5.41) is 19.7. The SMILES string of the molecule is N=C(c1ccnc(N2CCOCC2)c1)c1cccc(Br)c1C(=O)c1ccc([N+](=O)[O-])cc1. The van der Waals surface area contributed by atoms with Gasteiger partial charge in [0.15, 0.2) is 5.78 Å². The third kappa shape index (κ3) is 4.44. The number of hydrogen-bond acceptors (Lipinski definition) is 7. The van der Waals surface area contributed by atoms with Gasteiger partial charge in [0, 0.05) is 58.1 Å². The quantitative estimate of drug-likeness (QED) is 0.237. The maximum atomic E-state index is 13.3. The number of nitro groups is 1. The van der Waals surface area contributed by atoms with E-state index < -0.39 is 4.92 Å². The van der Waals surface area contributed by atoms with Gasteiger partial charge in [0.2, 0.25) is 0 Å². The van der Waals surface area contributed by atoms with E-state index in [9.17, 15) is 14.9 Å². The van der Waals surface area contributed by atoms with E-state index in [-0.39, 0.29) is 17.2 Å². The molecule has 162 valence electrons. The predicted molar refractivity (Wildman–Crippen MR) is 124 cm³/mol. The van der Waals surface area contributed by atoms with Gasteiger partial charge in [0.05, 0.1) is 23.8 Å². The number of halogens is 1. The molecule has 2 aromatic carbocycles. The highest BCUT2D eigenvalue weighted by molar-refractivity contribution is 9.10. The Bertz CT molecular complexity index is 1190. The summed E-state index contributed by atoms with van der Waals surface area (Å²) in [6.07, 6.45) is 1.66. The van der Waals surface area contributed by atoms with Gasteiger partial charge in [0.25, 0.3) is 5.69 Å². The second-order valence-electron chi connectivity index (χ2n) is 7.17. The lowest BCUT2D eigenvalue weighted by Crippen LogP contribution is -2.36. The molecule has 8 nitrogen and oxygen atoms in total. The van der Waals surface area contributed by atoms with Crippen LogP contribution in [0.5, 0.6) is 0 Å². The molecule has 1 aliphatic heterocycles. The largest absolute Gasteiger partial charge is 0.378 e. The Morgan fingerprint density at radius 3 is 2.50 bits per heavy atom. The van der Waals surface area contributed by atoms with Crippen molar-refractivity contribution in [3.8, 4) is 0 Å². The smallest absolute Gasteiger partial charge is 0.269 e. The Morgan fingerprint density at radius 1 is 1.09 bits per heavy atom. The number of morpholine rings is 1. The summed E-state index contributed by atoms with van der Waals surface area (Å²) in [5.41, 5.74) is 1.83. The molecule has 0 saturated carbocycles. The molecule has 1 saturated heterocycles. The first-order chi connectivity index (χ1) is 15.5. The van der Waals surface area contributed by atoms with Crippen molar-refractivity contribution in [3.63, 3.8) is 0 Å². The highest BCUT2D eigenvalue weighted by atomic mass is 79.9. The Morgan fingerprint density at radius 2 is 1.81 bits per heavy atom. The third-order valence-corrected chi connectivity index (χ3v) is 5.88. The van der Waals surface area contributed by atoms with E-state index in [1.54, 1.807) is 30.5 Å². The average Bonchev–Trinajstić information content (AvgIpc) is 2.83. The van der Waals surface area contributed by atoms with Crippen LogP contribution in [0.4, 0.5) is 11.5 Å². The van der Waals surface area contributed by atoms with Gasteiger partial charge >= 0.3 is 0 Å². The molecule has 3 aromatic rings. The summed E-state index contributed by atoms with van der Waals surface area (Å²) in [5.74, 6) is 0.434. The molecule has 9 heteroatoms. The number of hydrogen-bond donors (Lipinski definition) is 1. The zero-order valence-corrected chi connectivity index (χ0v) is 18.5. The number of ketones is 1. The first-order valence-electron chi connectivity index (χ1n) is 9.91. The predicted octanol–water partition coefficient (Wildman–Crippen LogP) is 4.24.